The monoisotopic (exact) mass is 414 g/mol. The first-order valence-corrected chi connectivity index (χ1v) is 9.81. The molecule has 5 nitrogen and oxygen atoms in total. The highest BCUT2D eigenvalue weighted by Crippen LogP contribution is 2.21. The molecule has 1 aliphatic heterocycles. The van der Waals surface area contributed by atoms with E-state index in [9.17, 15) is 9.18 Å². The molecule has 1 saturated heterocycles. The number of fused-ring (bicyclic) bond motifs is 1. The first kappa shape index (κ1) is 19.6. The van der Waals surface area contributed by atoms with E-state index in [0.717, 1.165) is 19.4 Å². The molecule has 1 amide bonds. The van der Waals surface area contributed by atoms with Gasteiger partial charge in [0, 0.05) is 23.6 Å². The van der Waals surface area contributed by atoms with Crippen molar-refractivity contribution in [3.05, 3.63) is 70.0 Å². The van der Waals surface area contributed by atoms with Crippen LogP contribution in [0.15, 0.2) is 51.9 Å². The maximum absolute atomic E-state index is 13.6. The van der Waals surface area contributed by atoms with Crippen LogP contribution in [0.1, 0.15) is 28.8 Å². The third-order valence-corrected chi connectivity index (χ3v) is 5.07. The van der Waals surface area contributed by atoms with Crippen LogP contribution >= 0.6 is 11.6 Å². The van der Waals surface area contributed by atoms with E-state index in [4.69, 9.17) is 20.8 Å². The number of rotatable bonds is 4. The van der Waals surface area contributed by atoms with E-state index in [-0.39, 0.29) is 28.9 Å². The molecule has 29 heavy (non-hydrogen) atoms. The summed E-state index contributed by atoms with van der Waals surface area (Å²) in [6, 6.07) is 11.3. The fourth-order valence-electron chi connectivity index (χ4n) is 3.27. The van der Waals surface area contributed by atoms with Crippen LogP contribution < -0.4 is 10.9 Å². The van der Waals surface area contributed by atoms with Crippen LogP contribution in [0.3, 0.4) is 0 Å². The van der Waals surface area contributed by atoms with Crippen molar-refractivity contribution in [2.45, 2.75) is 25.9 Å². The lowest BCUT2D eigenvalue weighted by atomic mass is 10.1. The molecule has 1 fully saturated rings. The summed E-state index contributed by atoms with van der Waals surface area (Å²) in [5.41, 5.74) is 1.93. The van der Waals surface area contributed by atoms with Crippen LogP contribution in [0.2, 0.25) is 5.02 Å². The Hall–Kier alpha value is -2.70. The molecule has 3 aromatic rings. The molecule has 0 aliphatic carbocycles. The third kappa shape index (κ3) is 4.49. The van der Waals surface area contributed by atoms with Gasteiger partial charge >= 0.3 is 0 Å². The second-order valence-corrected chi connectivity index (χ2v) is 7.47. The summed E-state index contributed by atoms with van der Waals surface area (Å²) >= 11 is 6.08. The predicted octanol–water partition coefficient (Wildman–Crippen LogP) is 4.67. The number of nitrogens with one attached hydrogen (secondary N) is 1. The van der Waals surface area contributed by atoms with Gasteiger partial charge in [0.15, 0.2) is 0 Å². The van der Waals surface area contributed by atoms with Gasteiger partial charge in [-0.25, -0.2) is 9.38 Å². The van der Waals surface area contributed by atoms with Crippen LogP contribution in [-0.4, -0.2) is 25.2 Å². The van der Waals surface area contributed by atoms with E-state index in [0.29, 0.717) is 33.8 Å². The van der Waals surface area contributed by atoms with Crippen molar-refractivity contribution < 1.29 is 18.3 Å². The van der Waals surface area contributed by atoms with Crippen molar-refractivity contribution in [3.63, 3.8) is 0 Å². The number of halogens is 2. The Bertz CT molecular complexity index is 1140. The average molecular weight is 415 g/mol. The number of hydrogen-bond acceptors (Lipinski definition) is 4. The van der Waals surface area contributed by atoms with E-state index in [2.05, 4.69) is 10.3 Å². The summed E-state index contributed by atoms with van der Waals surface area (Å²) in [6.45, 7) is 2.79. The molecule has 1 aromatic heterocycles. The lowest BCUT2D eigenvalue weighted by Crippen LogP contribution is -2.34. The molecule has 1 aliphatic rings. The van der Waals surface area contributed by atoms with Crippen LogP contribution in [0.5, 0.6) is 0 Å². The van der Waals surface area contributed by atoms with Crippen molar-refractivity contribution in [1.82, 2.24) is 5.32 Å². The van der Waals surface area contributed by atoms with Crippen molar-refractivity contribution >= 4 is 34.2 Å². The third-order valence-electron chi connectivity index (χ3n) is 4.84. The van der Waals surface area contributed by atoms with Gasteiger partial charge in [-0.15, -0.1) is 0 Å². The fourth-order valence-corrected chi connectivity index (χ4v) is 3.45. The van der Waals surface area contributed by atoms with Crippen LogP contribution in [-0.2, 0) is 4.74 Å². The van der Waals surface area contributed by atoms with Gasteiger partial charge in [-0.1, -0.05) is 11.6 Å². The van der Waals surface area contributed by atoms with Gasteiger partial charge in [-0.3, -0.25) is 4.79 Å². The molecule has 2 heterocycles. The van der Waals surface area contributed by atoms with E-state index in [1.54, 1.807) is 37.3 Å². The maximum Gasteiger partial charge on any atom is 0.256 e. The van der Waals surface area contributed by atoms with Gasteiger partial charge < -0.3 is 14.5 Å². The zero-order valence-electron chi connectivity index (χ0n) is 15.9. The minimum atomic E-state index is -0.316. The molecule has 0 unspecified atom stereocenters. The first-order chi connectivity index (χ1) is 14.0. The van der Waals surface area contributed by atoms with E-state index in [1.807, 2.05) is 0 Å². The van der Waals surface area contributed by atoms with Crippen molar-refractivity contribution in [2.75, 3.05) is 13.2 Å². The highest BCUT2D eigenvalue weighted by atomic mass is 35.5. The summed E-state index contributed by atoms with van der Waals surface area (Å²) in [7, 11) is 0. The molecule has 4 rings (SSSR count). The molecule has 0 bridgehead atoms. The number of aryl methyl sites for hydroxylation is 1. The second-order valence-electron chi connectivity index (χ2n) is 7.04. The average Bonchev–Trinajstić information content (AvgIpc) is 3.22. The Kier molecular flexibility index (Phi) is 5.65. The Balaban J connectivity index is 1.76. The van der Waals surface area contributed by atoms with Gasteiger partial charge in [0.25, 0.3) is 5.91 Å². The van der Waals surface area contributed by atoms with Crippen LogP contribution in [0.4, 0.5) is 10.1 Å². The number of carbonyl (C=O) groups excluding carboxylic acids is 1. The number of ether oxygens (including phenoxy) is 1. The highest BCUT2D eigenvalue weighted by Gasteiger charge is 2.18. The van der Waals surface area contributed by atoms with Gasteiger partial charge in [-0.05, 0) is 67.8 Å². The van der Waals surface area contributed by atoms with Crippen LogP contribution in [0, 0.1) is 12.7 Å². The Morgan fingerprint density at radius 2 is 2.14 bits per heavy atom. The van der Waals surface area contributed by atoms with Gasteiger partial charge in [0.1, 0.15) is 17.0 Å². The smallest absolute Gasteiger partial charge is 0.256 e. The molecule has 1 N–H and O–H groups in total. The van der Waals surface area contributed by atoms with Gasteiger partial charge in [0.05, 0.1) is 11.8 Å². The van der Waals surface area contributed by atoms with Crippen molar-refractivity contribution in [1.29, 1.82) is 0 Å². The molecular weight excluding hydrogens is 395 g/mol. The molecule has 2 aromatic carbocycles. The van der Waals surface area contributed by atoms with Crippen molar-refractivity contribution in [2.24, 2.45) is 4.99 Å². The molecule has 0 saturated carbocycles. The lowest BCUT2D eigenvalue weighted by molar-refractivity contribution is 0.0854. The first-order valence-electron chi connectivity index (χ1n) is 9.44. The molecule has 0 radical (unpaired) electrons. The quantitative estimate of drug-likeness (QED) is 0.674. The minimum Gasteiger partial charge on any atom is -0.438 e. The van der Waals surface area contributed by atoms with E-state index >= 15 is 0 Å². The summed E-state index contributed by atoms with van der Waals surface area (Å²) in [6.07, 6.45) is 1.93. The predicted molar refractivity (Wildman–Crippen MR) is 109 cm³/mol. The molecule has 150 valence electrons. The molecular formula is C22H20ClFN2O3. The largest absolute Gasteiger partial charge is 0.438 e. The van der Waals surface area contributed by atoms with Gasteiger partial charge in [-0.2, -0.15) is 0 Å². The number of benzene rings is 2. The number of carbonyl (C=O) groups is 1. The Morgan fingerprint density at radius 3 is 2.90 bits per heavy atom. The second kappa shape index (κ2) is 8.35. The topological polar surface area (TPSA) is 63.8 Å². The highest BCUT2D eigenvalue weighted by molar-refractivity contribution is 6.31. The van der Waals surface area contributed by atoms with Gasteiger partial charge in [0.2, 0.25) is 5.55 Å². The molecule has 0 spiro atoms. The zero-order chi connectivity index (χ0) is 20.4. The molecule has 1 atom stereocenters. The van der Waals surface area contributed by atoms with Crippen molar-refractivity contribution in [3.8, 4) is 0 Å². The maximum atomic E-state index is 13.6. The zero-order valence-corrected chi connectivity index (χ0v) is 16.6. The number of hydrogen-bond donors (Lipinski definition) is 1. The Labute approximate surface area is 172 Å². The van der Waals surface area contributed by atoms with E-state index in [1.165, 1.54) is 12.1 Å². The number of amides is 1. The number of nitrogens with zero attached hydrogens (tertiary/aromatic N) is 1. The summed E-state index contributed by atoms with van der Waals surface area (Å²) in [5, 5.41) is 4.12. The SMILES string of the molecule is Cc1cc(N=c2oc3ccc(Cl)cc3cc2C(=O)NC[C@@H]2CCCO2)ccc1F. The molecule has 7 heteroatoms. The normalized spacial score (nSPS) is 17.1. The standard InChI is InChI=1S/C22H20ClFN2O3/c1-13-9-16(5-6-19(13)24)26-22-18(21(27)25-12-17-3-2-8-28-17)11-14-10-15(23)4-7-20(14)29-22/h4-7,9-11,17H,2-3,8,12H2,1H3,(H,25,27)/t17-/m0/s1. The van der Waals surface area contributed by atoms with Crippen LogP contribution in [0.25, 0.3) is 11.0 Å². The summed E-state index contributed by atoms with van der Waals surface area (Å²) < 4.78 is 25.1. The fraction of sp³-hybridized carbons (Fsp3) is 0.273. The Morgan fingerprint density at radius 1 is 1.28 bits per heavy atom. The van der Waals surface area contributed by atoms with E-state index < -0.39 is 0 Å². The minimum absolute atomic E-state index is 0.0194. The summed E-state index contributed by atoms with van der Waals surface area (Å²) in [4.78, 5) is 17.3. The lowest BCUT2D eigenvalue weighted by Gasteiger charge is -2.11. The summed E-state index contributed by atoms with van der Waals surface area (Å²) in [5.74, 6) is -0.632.